The van der Waals surface area contributed by atoms with Gasteiger partial charge in [-0.25, -0.2) is 0 Å². The van der Waals surface area contributed by atoms with Gasteiger partial charge >= 0.3 is 4.87 Å². The lowest BCUT2D eigenvalue weighted by Crippen LogP contribution is -2.47. The molecule has 0 spiro atoms. The second kappa shape index (κ2) is 12.4. The van der Waals surface area contributed by atoms with E-state index in [1.54, 1.807) is 13.2 Å². The summed E-state index contributed by atoms with van der Waals surface area (Å²) >= 11 is 0.934. The van der Waals surface area contributed by atoms with Crippen molar-refractivity contribution < 1.29 is 20.1 Å². The number of aromatic amines is 1. The quantitative estimate of drug-likeness (QED) is 0.118. The van der Waals surface area contributed by atoms with Gasteiger partial charge in [0, 0.05) is 13.0 Å². The molecule has 0 unspecified atom stereocenters. The number of hydrogen-bond donors (Lipinski definition) is 6. The molecule has 6 N–H and O–H groups in total. The second-order valence-electron chi connectivity index (χ2n) is 9.01. The normalized spacial score (nSPS) is 11.8. The van der Waals surface area contributed by atoms with Crippen molar-refractivity contribution in [3.8, 4) is 11.5 Å². The van der Waals surface area contributed by atoms with Crippen LogP contribution < -0.4 is 20.2 Å². The molecule has 1 aromatic heterocycles. The third-order valence-electron chi connectivity index (χ3n) is 6.24. The minimum Gasteiger partial charge on any atom is -0.506 e. The van der Waals surface area contributed by atoms with Crippen LogP contribution in [0.4, 0.5) is 0 Å². The van der Waals surface area contributed by atoms with Crippen LogP contribution in [0.5, 0.6) is 11.5 Å². The van der Waals surface area contributed by atoms with Gasteiger partial charge in [-0.2, -0.15) is 0 Å². The van der Waals surface area contributed by atoms with Crippen LogP contribution in [0.3, 0.4) is 0 Å². The number of phenols is 1. The van der Waals surface area contributed by atoms with Gasteiger partial charge in [0.25, 0.3) is 0 Å². The number of aromatic hydroxyl groups is 1. The van der Waals surface area contributed by atoms with E-state index in [0.717, 1.165) is 48.6 Å². The molecule has 0 fully saturated rings. The Labute approximate surface area is 219 Å². The molecule has 0 amide bonds. The predicted molar refractivity (Wildman–Crippen MR) is 146 cm³/mol. The molecular weight excluding hydrogens is 490 g/mol. The molecule has 3 aromatic carbocycles. The van der Waals surface area contributed by atoms with Crippen LogP contribution in [-0.4, -0.2) is 53.0 Å². The number of H-pyrrole nitrogens is 1. The Morgan fingerprint density at radius 1 is 0.919 bits per heavy atom. The summed E-state index contributed by atoms with van der Waals surface area (Å²) in [4.78, 5) is 14.0. The molecule has 8 nitrogen and oxygen atoms in total. The summed E-state index contributed by atoms with van der Waals surface area (Å²) in [6.07, 6.45) is 2.30. The molecule has 0 saturated carbocycles. The van der Waals surface area contributed by atoms with Crippen molar-refractivity contribution in [1.82, 2.24) is 15.6 Å². The van der Waals surface area contributed by atoms with Crippen LogP contribution >= 0.6 is 11.3 Å². The largest absolute Gasteiger partial charge is 0.506 e. The molecule has 0 aliphatic carbocycles. The summed E-state index contributed by atoms with van der Waals surface area (Å²) < 4.78 is 5.92. The smallest absolute Gasteiger partial charge is 0.305 e. The zero-order chi connectivity index (χ0) is 26.3. The Morgan fingerprint density at radius 3 is 2.43 bits per heavy atom. The van der Waals surface area contributed by atoms with Gasteiger partial charge in [-0.1, -0.05) is 59.9 Å². The highest BCUT2D eigenvalue weighted by Crippen LogP contribution is 2.29. The fraction of sp³-hybridized carbons (Fsp3) is 0.321. The number of methoxy groups -OCH3 is 1. The summed E-state index contributed by atoms with van der Waals surface area (Å²) in [7, 11) is 1.69. The molecule has 37 heavy (non-hydrogen) atoms. The fourth-order valence-corrected chi connectivity index (χ4v) is 5.25. The first-order valence-corrected chi connectivity index (χ1v) is 13.1. The highest BCUT2D eigenvalue weighted by Gasteiger charge is 2.25. The number of aromatic nitrogens is 1. The van der Waals surface area contributed by atoms with Gasteiger partial charge in [-0.05, 0) is 66.7 Å². The maximum absolute atomic E-state index is 11.7. The predicted octanol–water partition coefficient (Wildman–Crippen LogP) is 2.69. The molecule has 0 atom stereocenters. The molecule has 4 rings (SSSR count). The van der Waals surface area contributed by atoms with Crippen molar-refractivity contribution in [2.45, 2.75) is 31.6 Å². The van der Waals surface area contributed by atoms with Crippen molar-refractivity contribution in [2.75, 3.05) is 26.7 Å². The summed E-state index contributed by atoms with van der Waals surface area (Å²) in [5.41, 5.74) is 4.39. The summed E-state index contributed by atoms with van der Waals surface area (Å²) in [6, 6.07) is 19.4. The highest BCUT2D eigenvalue weighted by atomic mass is 32.1. The average molecular weight is 524 g/mol. The lowest BCUT2D eigenvalue weighted by atomic mass is 10.1. The van der Waals surface area contributed by atoms with E-state index in [4.69, 9.17) is 4.74 Å². The Kier molecular flexibility index (Phi) is 8.96. The van der Waals surface area contributed by atoms with E-state index in [0.29, 0.717) is 28.7 Å². The molecule has 4 aromatic rings. The van der Waals surface area contributed by atoms with Gasteiger partial charge in [-0.15, -0.1) is 0 Å². The Morgan fingerprint density at radius 2 is 1.65 bits per heavy atom. The number of phenolic OH excluding ortho intramolecular Hbond substituents is 1. The first-order chi connectivity index (χ1) is 17.8. The molecular formula is C28H33N3O5S. The van der Waals surface area contributed by atoms with Crippen LogP contribution in [0.25, 0.3) is 10.2 Å². The molecule has 0 radical (unpaired) electrons. The van der Waals surface area contributed by atoms with E-state index in [2.05, 4.69) is 33.8 Å². The van der Waals surface area contributed by atoms with Crippen molar-refractivity contribution in [3.05, 3.63) is 92.6 Å². The van der Waals surface area contributed by atoms with Gasteiger partial charge in [0.2, 0.25) is 5.91 Å². The van der Waals surface area contributed by atoms with E-state index < -0.39 is 5.91 Å². The third-order valence-corrected chi connectivity index (χ3v) is 7.20. The van der Waals surface area contributed by atoms with Crippen LogP contribution in [0.2, 0.25) is 0 Å². The topological polar surface area (TPSA) is 127 Å². The van der Waals surface area contributed by atoms with E-state index in [1.165, 1.54) is 17.2 Å². The molecule has 0 bridgehead atoms. The first-order valence-electron chi connectivity index (χ1n) is 12.3. The van der Waals surface area contributed by atoms with Gasteiger partial charge < -0.3 is 30.4 Å². The summed E-state index contributed by atoms with van der Waals surface area (Å²) in [5, 5.41) is 37.2. The second-order valence-corrected chi connectivity index (χ2v) is 10.00. The molecule has 0 aliphatic rings. The fourth-order valence-electron chi connectivity index (χ4n) is 4.38. The first kappa shape index (κ1) is 26.8. The molecule has 0 aliphatic heterocycles. The Bertz CT molecular complexity index is 1380. The van der Waals surface area contributed by atoms with E-state index >= 15 is 0 Å². The number of nitrogens with one attached hydrogen (secondary N) is 3. The number of aliphatic hydroxyl groups is 2. The number of thiazole rings is 1. The lowest BCUT2D eigenvalue weighted by molar-refractivity contribution is -0.183. The van der Waals surface area contributed by atoms with Gasteiger partial charge in [0.15, 0.2) is 0 Å². The van der Waals surface area contributed by atoms with Gasteiger partial charge in [0.05, 0.1) is 11.8 Å². The number of benzene rings is 3. The summed E-state index contributed by atoms with van der Waals surface area (Å²) in [6.45, 7) is 2.09. The van der Waals surface area contributed by atoms with Gasteiger partial charge in [-0.3, -0.25) is 10.1 Å². The molecule has 9 heteroatoms. The Balaban J connectivity index is 1.23. The maximum atomic E-state index is 11.7. The van der Waals surface area contributed by atoms with E-state index in [9.17, 15) is 20.1 Å². The minimum absolute atomic E-state index is 0.0435. The number of hydrogen-bond acceptors (Lipinski definition) is 8. The van der Waals surface area contributed by atoms with Crippen LogP contribution in [0.15, 0.2) is 65.5 Å². The zero-order valence-corrected chi connectivity index (χ0v) is 21.6. The number of fused-ring (bicyclic) bond motifs is 1. The van der Waals surface area contributed by atoms with Crippen LogP contribution in [0, 0.1) is 0 Å². The SMILES string of the molecule is COc1ccccc1CCNCCc1cccc(CCNC(O)(O)Cc2ccc(O)c3[nH]c(=O)sc23)c1. The standard InChI is InChI=1S/C28H33N3O5S/c1-36-24-8-3-2-7-21(24)13-15-29-14-11-19-5-4-6-20(17-19)12-16-30-28(34,35)18-22-9-10-23(32)25-26(22)37-27(33)31-25/h2-10,17,29-30,32,34-35H,11-16,18H2,1H3,(H,31,33). The molecule has 1 heterocycles. The average Bonchev–Trinajstić information content (AvgIpc) is 3.28. The van der Waals surface area contributed by atoms with E-state index in [1.807, 2.05) is 30.3 Å². The van der Waals surface area contributed by atoms with Crippen molar-refractivity contribution in [2.24, 2.45) is 0 Å². The highest BCUT2D eigenvalue weighted by molar-refractivity contribution is 7.16. The van der Waals surface area contributed by atoms with E-state index in [-0.39, 0.29) is 17.0 Å². The van der Waals surface area contributed by atoms with Crippen LogP contribution in [0.1, 0.15) is 22.3 Å². The number of ether oxygens (including phenoxy) is 1. The molecule has 0 saturated heterocycles. The van der Waals surface area contributed by atoms with Crippen molar-refractivity contribution in [3.63, 3.8) is 0 Å². The van der Waals surface area contributed by atoms with Crippen molar-refractivity contribution in [1.29, 1.82) is 0 Å². The number of para-hydroxylation sites is 1. The number of rotatable bonds is 13. The minimum atomic E-state index is -2.15. The third kappa shape index (κ3) is 7.41. The lowest BCUT2D eigenvalue weighted by Gasteiger charge is -2.23. The monoisotopic (exact) mass is 523 g/mol. The maximum Gasteiger partial charge on any atom is 0.305 e. The van der Waals surface area contributed by atoms with Gasteiger partial charge in [0.1, 0.15) is 17.0 Å². The Hall–Kier alpha value is -3.21. The van der Waals surface area contributed by atoms with Crippen LogP contribution in [-0.2, 0) is 25.7 Å². The molecule has 196 valence electrons. The van der Waals surface area contributed by atoms with Crippen molar-refractivity contribution >= 4 is 21.6 Å². The zero-order valence-electron chi connectivity index (χ0n) is 20.8. The summed E-state index contributed by atoms with van der Waals surface area (Å²) in [5.74, 6) is -1.28.